The maximum atomic E-state index is 13.7. The second kappa shape index (κ2) is 25.0. The van der Waals surface area contributed by atoms with Gasteiger partial charge in [0.25, 0.3) is 5.91 Å². The Labute approximate surface area is 535 Å². The zero-order chi connectivity index (χ0) is 65.8. The van der Waals surface area contributed by atoms with Crippen molar-refractivity contribution in [3.63, 3.8) is 0 Å². The number of para-hydroxylation sites is 2. The Morgan fingerprint density at radius 1 is 0.598 bits per heavy atom. The Morgan fingerprint density at radius 3 is 1.55 bits per heavy atom. The number of sulfonamides is 2. The van der Waals surface area contributed by atoms with E-state index in [1.807, 2.05) is 94.4 Å². The number of Topliss-reactive ketones (excluding diaryl/α,β-unsaturated/α-hetero) is 1. The Hall–Kier alpha value is -9.45. The highest BCUT2D eigenvalue weighted by Gasteiger charge is 2.53. The summed E-state index contributed by atoms with van der Waals surface area (Å²) in [6.07, 6.45) is 5.80. The normalized spacial score (nSPS) is 13.6. The van der Waals surface area contributed by atoms with Crippen LogP contribution in [0, 0.1) is 11.6 Å². The molecule has 470 valence electrons. The van der Waals surface area contributed by atoms with Crippen LogP contribution < -0.4 is 19.4 Å². The fraction of sp³-hybridized carbons (Fsp3) is 0.188. The van der Waals surface area contributed by atoms with Gasteiger partial charge in [0.2, 0.25) is 20.0 Å². The molecule has 17 nitrogen and oxygen atoms in total. The fourth-order valence-electron chi connectivity index (χ4n) is 10.7. The molecule has 7 heterocycles. The molecule has 0 bridgehead atoms. The van der Waals surface area contributed by atoms with Crippen molar-refractivity contribution < 1.29 is 53.3 Å². The van der Waals surface area contributed by atoms with Gasteiger partial charge < -0.3 is 33.4 Å². The number of carbonyl (C=O) groups is 2. The number of fused-ring (bicyclic) bond motifs is 4. The number of anilines is 2. The Morgan fingerprint density at radius 2 is 1.07 bits per heavy atom. The second-order valence-electron chi connectivity index (χ2n) is 23.1. The molecule has 0 unspecified atom stereocenters. The van der Waals surface area contributed by atoms with Gasteiger partial charge in [-0.15, -0.1) is 0 Å². The van der Waals surface area contributed by atoms with Crippen LogP contribution in [0.5, 0.6) is 0 Å². The third-order valence-corrected chi connectivity index (χ3v) is 19.1. The Kier molecular flexibility index (Phi) is 17.4. The van der Waals surface area contributed by atoms with Gasteiger partial charge in [-0.1, -0.05) is 54.9 Å². The van der Waals surface area contributed by atoms with E-state index in [0.29, 0.717) is 77.6 Å². The van der Waals surface area contributed by atoms with Crippen molar-refractivity contribution in [3.05, 3.63) is 198 Å². The zero-order valence-electron chi connectivity index (χ0n) is 51.8. The second-order valence-corrected chi connectivity index (χ2v) is 27.6. The van der Waals surface area contributed by atoms with Crippen LogP contribution in [-0.4, -0.2) is 100 Å². The molecule has 0 spiro atoms. The molecule has 1 fully saturated rings. The number of aromatic amines is 2. The molecule has 6 aromatic heterocycles. The number of hydrogen-bond acceptors (Lipinski definition) is 12. The van der Waals surface area contributed by atoms with Gasteiger partial charge in [-0.25, -0.2) is 30.6 Å². The highest BCUT2D eigenvalue weighted by atomic mass is 35.5. The molecule has 3 N–H and O–H groups in total. The van der Waals surface area contributed by atoms with Gasteiger partial charge in [0.05, 0.1) is 51.9 Å². The van der Waals surface area contributed by atoms with E-state index >= 15 is 0 Å². The standard InChI is InChI=1S/C31H25FN4O4S.C25H29BFNO6S.C13H9ClN2/c1-33-31(37)29-23-16-22(26-15-20(12-13-34-26)25-14-19-6-4-5-7-24(19)35-25)27(36(2)41(3,38)39)17-28(23)40-30(29)18-8-10-21(32)11-9-18;1-8-20(29)22-17-13-18(26-33-24(2,3)25(4,5)34-26)19(28(6)35(7,30)31)14-21(17)32-23(22)15-9-11-16(27)12-10-15;14-13-8-10(5-6-15-13)12-7-9-3-1-2-4-11(9)16-12/h4-17,35H,1-3H3,(H,33,37);9-14H,8H2,1-7H3;1-8,16H. The number of H-pyrrole nitrogens is 2. The third-order valence-electron chi connectivity index (χ3n) is 16.5. The summed E-state index contributed by atoms with van der Waals surface area (Å²) in [5.41, 5.74) is 8.97. The van der Waals surface area contributed by atoms with Crippen LogP contribution in [0.3, 0.4) is 0 Å². The lowest BCUT2D eigenvalue weighted by Crippen LogP contribution is -2.41. The zero-order valence-corrected chi connectivity index (χ0v) is 54.2. The smallest absolute Gasteiger partial charge is 0.455 e. The molecule has 92 heavy (non-hydrogen) atoms. The van der Waals surface area contributed by atoms with E-state index in [1.165, 1.54) is 75.1 Å². The first kappa shape index (κ1) is 64.1. The number of rotatable bonds is 13. The molecular formula is C69H63BClF2N7O10S2. The van der Waals surface area contributed by atoms with Crippen LogP contribution in [0.25, 0.3) is 100 Å². The van der Waals surface area contributed by atoms with Gasteiger partial charge in [-0.2, -0.15) is 0 Å². The summed E-state index contributed by atoms with van der Waals surface area (Å²) < 4.78 is 105. The molecule has 0 aliphatic carbocycles. The average Bonchev–Trinajstić information content (AvgIpc) is 1.57. The number of hydrogen-bond donors (Lipinski definition) is 3. The Bertz CT molecular complexity index is 4990. The number of carbonyl (C=O) groups excluding carboxylic acids is 2. The molecule has 6 aromatic carbocycles. The first-order chi connectivity index (χ1) is 43.6. The highest BCUT2D eigenvalue weighted by Crippen LogP contribution is 2.44. The minimum Gasteiger partial charge on any atom is -0.455 e. The fourth-order valence-corrected chi connectivity index (χ4v) is 11.9. The van der Waals surface area contributed by atoms with Crippen LogP contribution in [0.4, 0.5) is 20.2 Å². The number of nitrogens with zero attached hydrogens (tertiary/aromatic N) is 4. The number of nitrogens with one attached hydrogen (secondary N) is 3. The van der Waals surface area contributed by atoms with Crippen molar-refractivity contribution >= 4 is 111 Å². The van der Waals surface area contributed by atoms with Crippen LogP contribution >= 0.6 is 11.6 Å². The molecule has 0 saturated carbocycles. The topological polar surface area (TPSA) is 223 Å². The molecule has 0 radical (unpaired) electrons. The molecule has 1 saturated heterocycles. The van der Waals surface area contributed by atoms with E-state index in [2.05, 4.69) is 43.5 Å². The van der Waals surface area contributed by atoms with Gasteiger partial charge in [0.15, 0.2) is 5.78 Å². The van der Waals surface area contributed by atoms with Crippen LogP contribution in [-0.2, 0) is 29.4 Å². The average molecular weight is 1300 g/mol. The summed E-state index contributed by atoms with van der Waals surface area (Å²) in [5, 5.41) is 6.38. The number of aromatic nitrogens is 4. The maximum Gasteiger partial charge on any atom is 0.497 e. The molecule has 1 amide bonds. The van der Waals surface area contributed by atoms with Crippen molar-refractivity contribution in [2.45, 2.75) is 52.2 Å². The summed E-state index contributed by atoms with van der Waals surface area (Å²) in [7, 11) is -3.81. The molecule has 12 aromatic rings. The van der Waals surface area contributed by atoms with E-state index in [1.54, 1.807) is 43.6 Å². The summed E-state index contributed by atoms with van der Waals surface area (Å²) in [4.78, 5) is 41.5. The molecule has 0 atom stereocenters. The van der Waals surface area contributed by atoms with Gasteiger partial charge in [-0.05, 0) is 137 Å². The number of halogens is 3. The third kappa shape index (κ3) is 12.8. The predicted octanol–water partition coefficient (Wildman–Crippen LogP) is 14.6. The monoisotopic (exact) mass is 1300 g/mol. The molecule has 1 aliphatic rings. The molecule has 1 aliphatic heterocycles. The number of pyridine rings is 2. The largest absolute Gasteiger partial charge is 0.497 e. The number of amides is 1. The first-order valence-electron chi connectivity index (χ1n) is 29.1. The van der Waals surface area contributed by atoms with Gasteiger partial charge >= 0.3 is 7.12 Å². The number of ketones is 1. The minimum absolute atomic E-state index is 0.160. The van der Waals surface area contributed by atoms with Crippen LogP contribution in [0.1, 0.15) is 61.8 Å². The van der Waals surface area contributed by atoms with Crippen LogP contribution in [0.15, 0.2) is 179 Å². The van der Waals surface area contributed by atoms with Crippen molar-refractivity contribution in [1.29, 1.82) is 0 Å². The summed E-state index contributed by atoms with van der Waals surface area (Å²) in [5.74, 6) is -0.861. The van der Waals surface area contributed by atoms with E-state index in [0.717, 1.165) is 60.1 Å². The van der Waals surface area contributed by atoms with Crippen molar-refractivity contribution in [2.24, 2.45) is 0 Å². The van der Waals surface area contributed by atoms with Crippen molar-refractivity contribution in [2.75, 3.05) is 42.3 Å². The number of furan rings is 2. The predicted molar refractivity (Wildman–Crippen MR) is 361 cm³/mol. The highest BCUT2D eigenvalue weighted by molar-refractivity contribution is 7.92. The van der Waals surface area contributed by atoms with Gasteiger partial charge in [-0.3, -0.25) is 23.2 Å². The van der Waals surface area contributed by atoms with Gasteiger partial charge in [0.1, 0.15) is 39.5 Å². The minimum atomic E-state index is -3.68. The van der Waals surface area contributed by atoms with Gasteiger partial charge in [0, 0.05) is 129 Å². The molecular weight excluding hydrogens is 1240 g/mol. The Balaban J connectivity index is 0.000000153. The summed E-state index contributed by atoms with van der Waals surface area (Å²) >= 11 is 5.87. The van der Waals surface area contributed by atoms with E-state index in [4.69, 9.17) is 29.7 Å². The molecule has 23 heteroatoms. The lowest BCUT2D eigenvalue weighted by molar-refractivity contribution is 0.00578. The lowest BCUT2D eigenvalue weighted by Gasteiger charge is -2.32. The maximum absolute atomic E-state index is 13.7. The van der Waals surface area contributed by atoms with E-state index in [-0.39, 0.29) is 23.5 Å². The quantitative estimate of drug-likeness (QED) is 0.0557. The summed E-state index contributed by atoms with van der Waals surface area (Å²) in [6.45, 7) is 9.37. The summed E-state index contributed by atoms with van der Waals surface area (Å²) in [6, 6.07) is 45.7. The van der Waals surface area contributed by atoms with E-state index < -0.39 is 55.9 Å². The number of benzene rings is 6. The van der Waals surface area contributed by atoms with Crippen LogP contribution in [0.2, 0.25) is 5.15 Å². The lowest BCUT2D eigenvalue weighted by atomic mass is 9.76. The van der Waals surface area contributed by atoms with Crippen molar-refractivity contribution in [3.8, 4) is 56.4 Å². The first-order valence-corrected chi connectivity index (χ1v) is 33.2. The SMILES string of the molecule is CCC(=O)c1c(-c2ccc(F)cc2)oc2cc(N(C)S(C)(=O)=O)c(B3OC(C)(C)C(C)(C)O3)cc12.CNC(=O)c1c(-c2ccc(F)cc2)oc2cc(N(C)S(C)(=O)=O)c(-c3cc(-c4cc5ccccc5[nH]4)ccn3)cc12.Clc1cc(-c2cc3ccccc3[nH]2)ccn1. The molecule has 13 rings (SSSR count). The van der Waals surface area contributed by atoms with Crippen molar-refractivity contribution in [1.82, 2.24) is 25.3 Å². The van der Waals surface area contributed by atoms with E-state index in [9.17, 15) is 35.2 Å².